The van der Waals surface area contributed by atoms with Gasteiger partial charge in [0, 0.05) is 37.7 Å². The predicted octanol–water partition coefficient (Wildman–Crippen LogP) is 4.33. The van der Waals surface area contributed by atoms with Crippen molar-refractivity contribution in [3.63, 3.8) is 0 Å². The molecule has 3 aromatic rings. The molecular formula is C19H19Cl2FN4. The maximum absolute atomic E-state index is 13.5. The molecule has 1 fully saturated rings. The van der Waals surface area contributed by atoms with Gasteiger partial charge in [0.25, 0.3) is 0 Å². The Labute approximate surface area is 161 Å². The molecule has 1 aliphatic rings. The third kappa shape index (κ3) is 4.01. The monoisotopic (exact) mass is 392 g/mol. The minimum absolute atomic E-state index is 0.342. The molecule has 1 aliphatic heterocycles. The van der Waals surface area contributed by atoms with Crippen molar-refractivity contribution in [1.29, 1.82) is 0 Å². The van der Waals surface area contributed by atoms with Crippen LogP contribution in [0.5, 0.6) is 0 Å². The zero-order chi connectivity index (χ0) is 18.1. The first-order valence-corrected chi connectivity index (χ1v) is 9.35. The normalized spacial score (nSPS) is 16.4. The number of H-pyrrole nitrogens is 1. The number of halogens is 3. The van der Waals surface area contributed by atoms with Crippen molar-refractivity contribution >= 4 is 34.2 Å². The molecule has 0 bridgehead atoms. The van der Waals surface area contributed by atoms with Crippen molar-refractivity contribution in [2.45, 2.75) is 13.1 Å². The van der Waals surface area contributed by atoms with Gasteiger partial charge in [-0.15, -0.1) is 0 Å². The first kappa shape index (κ1) is 17.7. The Kier molecular flexibility index (Phi) is 5.14. The number of benzene rings is 2. The van der Waals surface area contributed by atoms with Gasteiger partial charge in [0.15, 0.2) is 0 Å². The van der Waals surface area contributed by atoms with E-state index >= 15 is 0 Å². The molecule has 1 N–H and O–H groups in total. The Morgan fingerprint density at radius 1 is 1.00 bits per heavy atom. The highest BCUT2D eigenvalue weighted by atomic mass is 35.5. The number of aromatic amines is 1. The number of nitrogens with one attached hydrogen (secondary N) is 1. The summed E-state index contributed by atoms with van der Waals surface area (Å²) >= 11 is 12.1. The zero-order valence-corrected chi connectivity index (χ0v) is 15.7. The van der Waals surface area contributed by atoms with Crippen LogP contribution in [-0.2, 0) is 13.1 Å². The summed E-state index contributed by atoms with van der Waals surface area (Å²) in [5, 5.41) is 1.12. The third-order valence-corrected chi connectivity index (χ3v) is 5.21. The molecule has 0 atom stereocenters. The number of piperazine rings is 1. The van der Waals surface area contributed by atoms with Gasteiger partial charge in [0.2, 0.25) is 0 Å². The fraction of sp³-hybridized carbons (Fsp3) is 0.316. The summed E-state index contributed by atoms with van der Waals surface area (Å²) in [7, 11) is 0. The van der Waals surface area contributed by atoms with Crippen molar-refractivity contribution in [2.75, 3.05) is 26.2 Å². The van der Waals surface area contributed by atoms with Gasteiger partial charge in [-0.2, -0.15) is 0 Å². The molecule has 136 valence electrons. The van der Waals surface area contributed by atoms with E-state index in [0.717, 1.165) is 43.6 Å². The summed E-state index contributed by atoms with van der Waals surface area (Å²) < 4.78 is 13.5. The van der Waals surface area contributed by atoms with E-state index in [1.165, 1.54) is 17.7 Å². The van der Waals surface area contributed by atoms with Crippen molar-refractivity contribution in [2.24, 2.45) is 0 Å². The van der Waals surface area contributed by atoms with E-state index in [-0.39, 0.29) is 5.82 Å². The van der Waals surface area contributed by atoms with Crippen LogP contribution in [-0.4, -0.2) is 45.9 Å². The van der Waals surface area contributed by atoms with Gasteiger partial charge in [-0.25, -0.2) is 9.37 Å². The Balaban J connectivity index is 1.36. The van der Waals surface area contributed by atoms with Gasteiger partial charge in [-0.3, -0.25) is 9.80 Å². The molecule has 1 saturated heterocycles. The first-order valence-electron chi connectivity index (χ1n) is 8.59. The molecular weight excluding hydrogens is 374 g/mol. The fourth-order valence-corrected chi connectivity index (χ4v) is 3.84. The van der Waals surface area contributed by atoms with Crippen LogP contribution in [0.1, 0.15) is 11.4 Å². The lowest BCUT2D eigenvalue weighted by atomic mass is 10.2. The Morgan fingerprint density at radius 3 is 2.46 bits per heavy atom. The second kappa shape index (κ2) is 7.53. The van der Waals surface area contributed by atoms with Crippen LogP contribution in [0.2, 0.25) is 10.0 Å². The summed E-state index contributed by atoms with van der Waals surface area (Å²) in [6.07, 6.45) is 0. The third-order valence-electron chi connectivity index (χ3n) is 4.69. The summed E-state index contributed by atoms with van der Waals surface area (Å²) in [5.41, 5.74) is 2.51. The molecule has 2 aromatic carbocycles. The van der Waals surface area contributed by atoms with Crippen LogP contribution in [0.15, 0.2) is 36.4 Å². The second-order valence-corrected chi connectivity index (χ2v) is 7.49. The SMILES string of the molecule is Fc1cc(Cl)c2nc(CN3CCN(Cc4cccc(Cl)c4)CC3)[nH]c2c1. The van der Waals surface area contributed by atoms with Crippen LogP contribution in [0, 0.1) is 5.82 Å². The number of aromatic nitrogens is 2. The standard InChI is InChI=1S/C19H19Cl2FN4/c20-14-3-1-2-13(8-14)11-25-4-6-26(7-5-25)12-18-23-17-10-15(22)9-16(21)19(17)24-18/h1-3,8-10H,4-7,11-12H2,(H,23,24). The minimum atomic E-state index is -0.354. The molecule has 1 aromatic heterocycles. The van der Waals surface area contributed by atoms with Crippen molar-refractivity contribution < 1.29 is 4.39 Å². The predicted molar refractivity (Wildman–Crippen MR) is 103 cm³/mol. The van der Waals surface area contributed by atoms with E-state index in [1.807, 2.05) is 18.2 Å². The number of imidazole rings is 1. The zero-order valence-electron chi connectivity index (χ0n) is 14.2. The summed E-state index contributed by atoms with van der Waals surface area (Å²) in [5.74, 6) is 0.461. The maximum atomic E-state index is 13.5. The lowest BCUT2D eigenvalue weighted by molar-refractivity contribution is 0.120. The summed E-state index contributed by atoms with van der Waals surface area (Å²) in [6.45, 7) is 5.51. The molecule has 4 rings (SSSR count). The van der Waals surface area contributed by atoms with Crippen LogP contribution in [0.3, 0.4) is 0 Å². The fourth-order valence-electron chi connectivity index (χ4n) is 3.38. The quantitative estimate of drug-likeness (QED) is 0.717. The van der Waals surface area contributed by atoms with Crippen LogP contribution < -0.4 is 0 Å². The minimum Gasteiger partial charge on any atom is -0.341 e. The van der Waals surface area contributed by atoms with Gasteiger partial charge < -0.3 is 4.98 Å². The van der Waals surface area contributed by atoms with Crippen molar-refractivity contribution in [1.82, 2.24) is 19.8 Å². The topological polar surface area (TPSA) is 35.2 Å². The maximum Gasteiger partial charge on any atom is 0.126 e. The van der Waals surface area contributed by atoms with E-state index < -0.39 is 0 Å². The van der Waals surface area contributed by atoms with E-state index in [2.05, 4.69) is 25.8 Å². The molecule has 4 nitrogen and oxygen atoms in total. The molecule has 2 heterocycles. The molecule has 0 spiro atoms. The number of rotatable bonds is 4. The van der Waals surface area contributed by atoms with Crippen molar-refractivity contribution in [3.8, 4) is 0 Å². The lowest BCUT2D eigenvalue weighted by Crippen LogP contribution is -2.45. The first-order chi connectivity index (χ1) is 12.6. The molecule has 0 amide bonds. The number of nitrogens with zero attached hydrogens (tertiary/aromatic N) is 3. The van der Waals surface area contributed by atoms with Crippen molar-refractivity contribution in [3.05, 3.63) is 63.6 Å². The van der Waals surface area contributed by atoms with Crippen LogP contribution >= 0.6 is 23.2 Å². The van der Waals surface area contributed by atoms with Gasteiger partial charge in [-0.1, -0.05) is 35.3 Å². The average Bonchev–Trinajstić information content (AvgIpc) is 2.99. The molecule has 7 heteroatoms. The van der Waals surface area contributed by atoms with E-state index in [0.29, 0.717) is 22.6 Å². The smallest absolute Gasteiger partial charge is 0.126 e. The Bertz CT molecular complexity index is 919. The Morgan fingerprint density at radius 2 is 1.73 bits per heavy atom. The number of hydrogen-bond acceptors (Lipinski definition) is 3. The largest absolute Gasteiger partial charge is 0.341 e. The van der Waals surface area contributed by atoms with E-state index in [4.69, 9.17) is 23.2 Å². The van der Waals surface area contributed by atoms with Gasteiger partial charge >= 0.3 is 0 Å². The van der Waals surface area contributed by atoms with Crippen LogP contribution in [0.25, 0.3) is 11.0 Å². The summed E-state index contributed by atoms with van der Waals surface area (Å²) in [6, 6.07) is 10.7. The average molecular weight is 393 g/mol. The Hall–Kier alpha value is -1.66. The highest BCUT2D eigenvalue weighted by molar-refractivity contribution is 6.34. The molecule has 26 heavy (non-hydrogen) atoms. The summed E-state index contributed by atoms with van der Waals surface area (Å²) in [4.78, 5) is 12.5. The lowest BCUT2D eigenvalue weighted by Gasteiger charge is -2.34. The van der Waals surface area contributed by atoms with Gasteiger partial charge in [0.1, 0.15) is 17.2 Å². The highest BCUT2D eigenvalue weighted by Crippen LogP contribution is 2.23. The number of fused-ring (bicyclic) bond motifs is 1. The van der Waals surface area contributed by atoms with Gasteiger partial charge in [0.05, 0.1) is 17.1 Å². The highest BCUT2D eigenvalue weighted by Gasteiger charge is 2.19. The van der Waals surface area contributed by atoms with Crippen LogP contribution in [0.4, 0.5) is 4.39 Å². The van der Waals surface area contributed by atoms with E-state index in [1.54, 1.807) is 0 Å². The molecule has 0 unspecified atom stereocenters. The second-order valence-electron chi connectivity index (χ2n) is 6.65. The number of hydrogen-bond donors (Lipinski definition) is 1. The van der Waals surface area contributed by atoms with E-state index in [9.17, 15) is 4.39 Å². The molecule has 0 aliphatic carbocycles. The molecule has 0 radical (unpaired) electrons. The molecule has 0 saturated carbocycles. The van der Waals surface area contributed by atoms with Gasteiger partial charge in [-0.05, 0) is 29.8 Å².